The van der Waals surface area contributed by atoms with Crippen molar-refractivity contribution < 1.29 is 0 Å². The molecular weight excluding hydrogens is 424 g/mol. The molecule has 0 spiro atoms. The molecule has 0 aromatic carbocycles. The Hall–Kier alpha value is -3.40. The monoisotopic (exact) mass is 446 g/mol. The minimum absolute atomic E-state index is 0.142. The summed E-state index contributed by atoms with van der Waals surface area (Å²) >= 11 is 1.59. The molecule has 1 aliphatic rings. The molecule has 0 saturated heterocycles. The molecule has 10 heteroatoms. The Morgan fingerprint density at radius 1 is 1.19 bits per heavy atom. The fourth-order valence-electron chi connectivity index (χ4n) is 4.56. The SMILES string of the molecule is Cn1c2nc(Cc3ccccn3)sc2c2cnn(Cc3cn(C4CCCC4)nn3)c(=O)c21. The molecule has 0 amide bonds. The highest BCUT2D eigenvalue weighted by atomic mass is 32.1. The van der Waals surface area contributed by atoms with E-state index in [-0.39, 0.29) is 5.56 Å². The van der Waals surface area contributed by atoms with E-state index in [1.807, 2.05) is 40.7 Å². The van der Waals surface area contributed by atoms with Gasteiger partial charge in [0.05, 0.1) is 29.7 Å². The molecular formula is C22H22N8OS. The Balaban J connectivity index is 1.33. The quantitative estimate of drug-likeness (QED) is 0.412. The number of pyridine rings is 1. The summed E-state index contributed by atoms with van der Waals surface area (Å²) in [5.41, 5.74) is 3.00. The average molecular weight is 447 g/mol. The van der Waals surface area contributed by atoms with E-state index in [1.165, 1.54) is 17.5 Å². The van der Waals surface area contributed by atoms with Crippen molar-refractivity contribution >= 4 is 32.6 Å². The molecule has 1 aliphatic carbocycles. The first-order chi connectivity index (χ1) is 15.7. The molecule has 1 fully saturated rings. The number of nitrogens with zero attached hydrogens (tertiary/aromatic N) is 8. The van der Waals surface area contributed by atoms with Crippen LogP contribution in [0, 0.1) is 0 Å². The number of rotatable bonds is 5. The standard InChI is InChI=1S/C22H22N8OS/c1-28-19-17(20-21(28)25-18(32-20)10-14-6-4-5-9-23-14)11-24-30(22(19)31)13-15-12-29(27-26-15)16-7-2-3-8-16/h4-6,9,11-12,16H,2-3,7-8,10,13H2,1H3. The van der Waals surface area contributed by atoms with E-state index >= 15 is 0 Å². The van der Waals surface area contributed by atoms with Crippen LogP contribution in [0.4, 0.5) is 0 Å². The molecule has 1 saturated carbocycles. The van der Waals surface area contributed by atoms with Crippen molar-refractivity contribution in [2.75, 3.05) is 0 Å². The summed E-state index contributed by atoms with van der Waals surface area (Å²) in [4.78, 5) is 22.4. The van der Waals surface area contributed by atoms with Gasteiger partial charge in [-0.25, -0.2) is 14.3 Å². The lowest BCUT2D eigenvalue weighted by Gasteiger charge is -2.07. The highest BCUT2D eigenvalue weighted by Crippen LogP contribution is 2.31. The Morgan fingerprint density at radius 2 is 2.06 bits per heavy atom. The van der Waals surface area contributed by atoms with Gasteiger partial charge < -0.3 is 4.57 Å². The summed E-state index contributed by atoms with van der Waals surface area (Å²) in [6.07, 6.45) is 10.9. The minimum Gasteiger partial charge on any atom is -0.323 e. The van der Waals surface area contributed by atoms with E-state index in [1.54, 1.807) is 23.7 Å². The zero-order valence-corrected chi connectivity index (χ0v) is 18.5. The fourth-order valence-corrected chi connectivity index (χ4v) is 5.69. The molecule has 0 aliphatic heterocycles. The lowest BCUT2D eigenvalue weighted by Crippen LogP contribution is -2.24. The van der Waals surface area contributed by atoms with E-state index < -0.39 is 0 Å². The summed E-state index contributed by atoms with van der Waals surface area (Å²) in [6.45, 7) is 0.304. The van der Waals surface area contributed by atoms with Crippen LogP contribution in [0.15, 0.2) is 41.6 Å². The van der Waals surface area contributed by atoms with E-state index in [9.17, 15) is 4.79 Å². The van der Waals surface area contributed by atoms with Crippen molar-refractivity contribution in [2.24, 2.45) is 7.05 Å². The second kappa shape index (κ2) is 7.63. The molecule has 0 bridgehead atoms. The topological polar surface area (TPSA) is 96.3 Å². The summed E-state index contributed by atoms with van der Waals surface area (Å²) in [5.74, 6) is 0. The Morgan fingerprint density at radius 3 is 2.88 bits per heavy atom. The maximum absolute atomic E-state index is 13.3. The number of fused-ring (bicyclic) bond motifs is 3. The van der Waals surface area contributed by atoms with Crippen molar-refractivity contribution in [3.05, 3.63) is 63.5 Å². The van der Waals surface area contributed by atoms with Crippen LogP contribution in [0.5, 0.6) is 0 Å². The molecule has 0 N–H and O–H groups in total. The fraction of sp³-hybridized carbons (Fsp3) is 0.364. The van der Waals surface area contributed by atoms with Gasteiger partial charge in [0.1, 0.15) is 16.2 Å². The highest BCUT2D eigenvalue weighted by molar-refractivity contribution is 7.19. The van der Waals surface area contributed by atoms with Gasteiger partial charge in [-0.15, -0.1) is 16.4 Å². The lowest BCUT2D eigenvalue weighted by atomic mass is 10.2. The number of thiazole rings is 1. The van der Waals surface area contributed by atoms with Gasteiger partial charge in [0.25, 0.3) is 5.56 Å². The normalized spacial score (nSPS) is 14.8. The Bertz CT molecular complexity index is 1470. The Labute approximate surface area is 187 Å². The number of aryl methyl sites for hydroxylation is 1. The van der Waals surface area contributed by atoms with Gasteiger partial charge in [-0.05, 0) is 25.0 Å². The molecule has 5 aromatic heterocycles. The largest absolute Gasteiger partial charge is 0.323 e. The highest BCUT2D eigenvalue weighted by Gasteiger charge is 2.20. The first-order valence-electron chi connectivity index (χ1n) is 10.8. The van der Waals surface area contributed by atoms with E-state index in [2.05, 4.69) is 20.4 Å². The molecule has 0 radical (unpaired) electrons. The van der Waals surface area contributed by atoms with Gasteiger partial charge >= 0.3 is 0 Å². The smallest absolute Gasteiger partial charge is 0.291 e. The van der Waals surface area contributed by atoms with Crippen molar-refractivity contribution in [1.29, 1.82) is 0 Å². The van der Waals surface area contributed by atoms with Crippen molar-refractivity contribution in [3.8, 4) is 0 Å². The van der Waals surface area contributed by atoms with Crippen LogP contribution in [0.25, 0.3) is 21.3 Å². The molecule has 0 atom stereocenters. The third kappa shape index (κ3) is 3.22. The van der Waals surface area contributed by atoms with E-state index in [0.717, 1.165) is 45.0 Å². The van der Waals surface area contributed by atoms with Gasteiger partial charge in [0.15, 0.2) is 5.65 Å². The average Bonchev–Trinajstić information content (AvgIpc) is 3.58. The predicted octanol–water partition coefficient (Wildman–Crippen LogP) is 3.09. The Kier molecular flexibility index (Phi) is 4.60. The number of hydrogen-bond donors (Lipinski definition) is 0. The van der Waals surface area contributed by atoms with Crippen LogP contribution < -0.4 is 5.56 Å². The van der Waals surface area contributed by atoms with Gasteiger partial charge in [-0.1, -0.05) is 24.1 Å². The van der Waals surface area contributed by atoms with Crippen LogP contribution in [-0.2, 0) is 20.0 Å². The van der Waals surface area contributed by atoms with Gasteiger partial charge in [-0.3, -0.25) is 9.78 Å². The molecule has 32 heavy (non-hydrogen) atoms. The third-order valence-electron chi connectivity index (χ3n) is 6.20. The number of aromatic nitrogens is 8. The van der Waals surface area contributed by atoms with Crippen molar-refractivity contribution in [2.45, 2.75) is 44.7 Å². The van der Waals surface area contributed by atoms with Crippen molar-refractivity contribution in [1.82, 2.24) is 39.3 Å². The maximum atomic E-state index is 13.3. The molecule has 5 heterocycles. The van der Waals surface area contributed by atoms with Gasteiger partial charge in [-0.2, -0.15) is 5.10 Å². The molecule has 9 nitrogen and oxygen atoms in total. The zero-order chi connectivity index (χ0) is 21.7. The van der Waals surface area contributed by atoms with Crippen LogP contribution in [0.3, 0.4) is 0 Å². The molecule has 6 rings (SSSR count). The first kappa shape index (κ1) is 19.3. The molecule has 162 valence electrons. The van der Waals surface area contributed by atoms with E-state index in [0.29, 0.717) is 24.5 Å². The first-order valence-corrected chi connectivity index (χ1v) is 11.6. The molecule has 5 aromatic rings. The van der Waals surface area contributed by atoms with Crippen molar-refractivity contribution in [3.63, 3.8) is 0 Å². The van der Waals surface area contributed by atoms with E-state index in [4.69, 9.17) is 4.98 Å². The van der Waals surface area contributed by atoms with Crippen LogP contribution in [0.1, 0.15) is 48.1 Å². The summed E-state index contributed by atoms with van der Waals surface area (Å²) in [6, 6.07) is 6.30. The predicted molar refractivity (Wildman–Crippen MR) is 122 cm³/mol. The third-order valence-corrected chi connectivity index (χ3v) is 7.27. The maximum Gasteiger partial charge on any atom is 0.291 e. The van der Waals surface area contributed by atoms with Crippen LogP contribution in [0.2, 0.25) is 0 Å². The van der Waals surface area contributed by atoms with Gasteiger partial charge in [0, 0.05) is 30.7 Å². The minimum atomic E-state index is -0.142. The van der Waals surface area contributed by atoms with Gasteiger partial charge in [0.2, 0.25) is 0 Å². The van der Waals surface area contributed by atoms with Crippen LogP contribution in [-0.4, -0.2) is 39.3 Å². The summed E-state index contributed by atoms with van der Waals surface area (Å²) in [5, 5.41) is 14.8. The lowest BCUT2D eigenvalue weighted by molar-refractivity contribution is 0.454. The summed E-state index contributed by atoms with van der Waals surface area (Å²) < 4.78 is 6.26. The summed E-state index contributed by atoms with van der Waals surface area (Å²) in [7, 11) is 1.89. The zero-order valence-electron chi connectivity index (χ0n) is 17.7. The second-order valence-corrected chi connectivity index (χ2v) is 9.40. The van der Waals surface area contributed by atoms with Crippen LogP contribution >= 0.6 is 11.3 Å². The molecule has 0 unspecified atom stereocenters. The second-order valence-electron chi connectivity index (χ2n) is 8.32. The number of hydrogen-bond acceptors (Lipinski definition) is 7.